The van der Waals surface area contributed by atoms with Gasteiger partial charge in [0.2, 0.25) is 0 Å². The zero-order valence-electron chi connectivity index (χ0n) is 14.1. The van der Waals surface area contributed by atoms with Gasteiger partial charge >= 0.3 is 6.03 Å². The van der Waals surface area contributed by atoms with Crippen LogP contribution in [0.5, 0.6) is 5.75 Å². The van der Waals surface area contributed by atoms with E-state index in [0.717, 1.165) is 25.7 Å². The molecule has 1 saturated carbocycles. The number of rotatable bonds is 4. The molecule has 130 valence electrons. The molecule has 1 heterocycles. The van der Waals surface area contributed by atoms with Crippen molar-refractivity contribution >= 4 is 11.9 Å². The summed E-state index contributed by atoms with van der Waals surface area (Å²) in [5, 5.41) is 2.88. The molecule has 3 rings (SSSR count). The normalized spacial score (nSPS) is 25.0. The number of imide groups is 1. The first-order valence-corrected chi connectivity index (χ1v) is 8.42. The van der Waals surface area contributed by atoms with Crippen molar-refractivity contribution in [3.63, 3.8) is 0 Å². The van der Waals surface area contributed by atoms with Crippen molar-refractivity contribution in [2.24, 2.45) is 5.92 Å². The van der Waals surface area contributed by atoms with Gasteiger partial charge in [-0.25, -0.2) is 9.18 Å². The standard InChI is InChI=1S/C18H23FN2O3/c1-18(13-6-4-3-5-7-13)16(22)21(17(23)20-18)11-12-10-14(19)8-9-15(12)24-2/h8-10,13H,3-7,11H2,1-2H3,(H,20,23)/t18-/m1/s1. The summed E-state index contributed by atoms with van der Waals surface area (Å²) in [6.07, 6.45) is 5.24. The molecular weight excluding hydrogens is 311 g/mol. The van der Waals surface area contributed by atoms with Crippen LogP contribution in [0.2, 0.25) is 0 Å². The highest BCUT2D eigenvalue weighted by Crippen LogP contribution is 2.37. The van der Waals surface area contributed by atoms with Gasteiger partial charge in [-0.1, -0.05) is 19.3 Å². The largest absolute Gasteiger partial charge is 0.496 e. The van der Waals surface area contributed by atoms with Crippen molar-refractivity contribution in [3.8, 4) is 5.75 Å². The molecule has 0 radical (unpaired) electrons. The van der Waals surface area contributed by atoms with E-state index in [2.05, 4.69) is 5.32 Å². The number of nitrogens with one attached hydrogen (secondary N) is 1. The lowest BCUT2D eigenvalue weighted by Gasteiger charge is -2.34. The van der Waals surface area contributed by atoms with Gasteiger partial charge in [0.15, 0.2) is 0 Å². The number of benzene rings is 1. The van der Waals surface area contributed by atoms with Gasteiger partial charge in [-0.15, -0.1) is 0 Å². The highest BCUT2D eigenvalue weighted by molar-refractivity contribution is 6.07. The third kappa shape index (κ3) is 2.85. The number of carbonyl (C=O) groups excluding carboxylic acids is 2. The number of ether oxygens (including phenoxy) is 1. The Kier molecular flexibility index (Phi) is 4.47. The maximum atomic E-state index is 13.5. The average molecular weight is 334 g/mol. The zero-order chi connectivity index (χ0) is 17.3. The van der Waals surface area contributed by atoms with Crippen LogP contribution < -0.4 is 10.1 Å². The summed E-state index contributed by atoms with van der Waals surface area (Å²) in [4.78, 5) is 26.5. The third-order valence-electron chi connectivity index (χ3n) is 5.29. The topological polar surface area (TPSA) is 58.6 Å². The minimum atomic E-state index is -0.863. The van der Waals surface area contributed by atoms with Gasteiger partial charge in [0.05, 0.1) is 13.7 Å². The number of halogens is 1. The molecule has 1 aromatic carbocycles. The number of hydrogen-bond donors (Lipinski definition) is 1. The summed E-state index contributed by atoms with van der Waals surface area (Å²) in [5.41, 5.74) is -0.383. The summed E-state index contributed by atoms with van der Waals surface area (Å²) in [6, 6.07) is 3.68. The molecule has 2 fully saturated rings. The Bertz CT molecular complexity index is 658. The molecule has 1 saturated heterocycles. The summed E-state index contributed by atoms with van der Waals surface area (Å²) < 4.78 is 18.7. The van der Waals surface area contributed by atoms with Crippen molar-refractivity contribution in [2.75, 3.05) is 7.11 Å². The first kappa shape index (κ1) is 16.7. The molecule has 24 heavy (non-hydrogen) atoms. The molecule has 1 aliphatic heterocycles. The zero-order valence-corrected chi connectivity index (χ0v) is 14.1. The van der Waals surface area contributed by atoms with Crippen LogP contribution in [0.3, 0.4) is 0 Å². The molecule has 1 aromatic rings. The van der Waals surface area contributed by atoms with Crippen LogP contribution in [0.4, 0.5) is 9.18 Å². The molecule has 0 unspecified atom stereocenters. The van der Waals surface area contributed by atoms with E-state index in [4.69, 9.17) is 4.74 Å². The predicted molar refractivity (Wildman–Crippen MR) is 87.0 cm³/mol. The van der Waals surface area contributed by atoms with E-state index in [1.807, 2.05) is 6.92 Å². The predicted octanol–water partition coefficient (Wildman–Crippen LogP) is 3.23. The second kappa shape index (κ2) is 6.42. The van der Waals surface area contributed by atoms with Gasteiger partial charge in [-0.05, 0) is 43.9 Å². The highest BCUT2D eigenvalue weighted by Gasteiger charge is 2.52. The molecule has 0 aromatic heterocycles. The SMILES string of the molecule is COc1ccc(F)cc1CN1C(=O)N[C@](C)(C2CCCCC2)C1=O. The molecule has 0 bridgehead atoms. The van der Waals surface area contributed by atoms with Crippen LogP contribution in [-0.4, -0.2) is 29.5 Å². The maximum Gasteiger partial charge on any atom is 0.325 e. The van der Waals surface area contributed by atoms with Crippen LogP contribution in [-0.2, 0) is 11.3 Å². The van der Waals surface area contributed by atoms with Gasteiger partial charge < -0.3 is 10.1 Å². The molecule has 2 aliphatic rings. The van der Waals surface area contributed by atoms with Gasteiger partial charge in [-0.2, -0.15) is 0 Å². The Labute approximate surface area is 141 Å². The minimum absolute atomic E-state index is 0.00785. The van der Waals surface area contributed by atoms with Crippen molar-refractivity contribution in [1.29, 1.82) is 0 Å². The Morgan fingerprint density at radius 1 is 1.29 bits per heavy atom. The summed E-state index contributed by atoms with van der Waals surface area (Å²) in [6.45, 7) is 1.82. The molecule has 1 N–H and O–H groups in total. The lowest BCUT2D eigenvalue weighted by Crippen LogP contribution is -2.51. The number of carbonyl (C=O) groups is 2. The fourth-order valence-corrected chi connectivity index (χ4v) is 3.86. The maximum absolute atomic E-state index is 13.5. The van der Waals surface area contributed by atoms with E-state index in [1.54, 1.807) is 0 Å². The van der Waals surface area contributed by atoms with Crippen molar-refractivity contribution < 1.29 is 18.7 Å². The first-order chi connectivity index (χ1) is 11.5. The summed E-state index contributed by atoms with van der Waals surface area (Å²) in [5.74, 6) is -0.0380. The smallest absolute Gasteiger partial charge is 0.325 e. The van der Waals surface area contributed by atoms with Crippen LogP contribution in [0, 0.1) is 11.7 Å². The molecule has 1 atom stereocenters. The van der Waals surface area contributed by atoms with E-state index < -0.39 is 17.4 Å². The number of methoxy groups -OCH3 is 1. The fraction of sp³-hybridized carbons (Fsp3) is 0.556. The van der Waals surface area contributed by atoms with Gasteiger partial charge in [0.25, 0.3) is 5.91 Å². The number of urea groups is 1. The average Bonchev–Trinajstić information content (AvgIpc) is 2.80. The quantitative estimate of drug-likeness (QED) is 0.860. The highest BCUT2D eigenvalue weighted by atomic mass is 19.1. The van der Waals surface area contributed by atoms with E-state index in [-0.39, 0.29) is 18.4 Å². The van der Waals surface area contributed by atoms with Crippen LogP contribution in [0.1, 0.15) is 44.6 Å². The lowest BCUT2D eigenvalue weighted by atomic mass is 9.75. The van der Waals surface area contributed by atoms with Crippen molar-refractivity contribution in [1.82, 2.24) is 10.2 Å². The van der Waals surface area contributed by atoms with Crippen LogP contribution in [0.25, 0.3) is 0 Å². The second-order valence-corrected chi connectivity index (χ2v) is 6.81. The van der Waals surface area contributed by atoms with Crippen LogP contribution >= 0.6 is 0 Å². The third-order valence-corrected chi connectivity index (χ3v) is 5.29. The Hall–Kier alpha value is -2.11. The van der Waals surface area contributed by atoms with E-state index in [0.29, 0.717) is 11.3 Å². The fourth-order valence-electron chi connectivity index (χ4n) is 3.86. The molecule has 3 amide bonds. The minimum Gasteiger partial charge on any atom is -0.496 e. The molecule has 0 spiro atoms. The number of nitrogens with zero attached hydrogens (tertiary/aromatic N) is 1. The Morgan fingerprint density at radius 2 is 2.00 bits per heavy atom. The van der Waals surface area contributed by atoms with Crippen molar-refractivity contribution in [2.45, 2.75) is 51.1 Å². The van der Waals surface area contributed by atoms with Gasteiger partial charge in [0, 0.05) is 5.56 Å². The van der Waals surface area contributed by atoms with Gasteiger partial charge in [-0.3, -0.25) is 9.69 Å². The Balaban J connectivity index is 1.83. The molecule has 1 aliphatic carbocycles. The number of amides is 3. The van der Waals surface area contributed by atoms with E-state index in [9.17, 15) is 14.0 Å². The Morgan fingerprint density at radius 3 is 2.67 bits per heavy atom. The first-order valence-electron chi connectivity index (χ1n) is 8.42. The monoisotopic (exact) mass is 334 g/mol. The second-order valence-electron chi connectivity index (χ2n) is 6.81. The molecular formula is C18H23FN2O3. The van der Waals surface area contributed by atoms with Crippen molar-refractivity contribution in [3.05, 3.63) is 29.6 Å². The molecule has 6 heteroatoms. The van der Waals surface area contributed by atoms with Crippen LogP contribution in [0.15, 0.2) is 18.2 Å². The number of hydrogen-bond acceptors (Lipinski definition) is 3. The lowest BCUT2D eigenvalue weighted by molar-refractivity contribution is -0.133. The van der Waals surface area contributed by atoms with Gasteiger partial charge in [0.1, 0.15) is 17.1 Å². The summed E-state index contributed by atoms with van der Waals surface area (Å²) >= 11 is 0. The van der Waals surface area contributed by atoms with E-state index in [1.165, 1.54) is 36.6 Å². The van der Waals surface area contributed by atoms with E-state index >= 15 is 0 Å². The summed E-state index contributed by atoms with van der Waals surface area (Å²) in [7, 11) is 1.48. The molecule has 5 nitrogen and oxygen atoms in total.